The van der Waals surface area contributed by atoms with Crippen molar-refractivity contribution in [1.82, 2.24) is 10.2 Å². The van der Waals surface area contributed by atoms with Crippen molar-refractivity contribution in [2.24, 2.45) is 0 Å². The number of rotatable bonds is 6. The normalized spacial score (nSPS) is 22.3. The molecule has 2 N–H and O–H groups in total. The number of hydrogen-bond acceptors (Lipinski definition) is 5. The molecule has 7 heteroatoms. The average molecular weight is 439 g/mol. The van der Waals surface area contributed by atoms with Crippen LogP contribution in [-0.2, 0) is 16.0 Å². The van der Waals surface area contributed by atoms with E-state index in [-0.39, 0.29) is 29.1 Å². The van der Waals surface area contributed by atoms with Crippen molar-refractivity contribution in [1.29, 1.82) is 0 Å². The van der Waals surface area contributed by atoms with Crippen LogP contribution in [0.3, 0.4) is 0 Å². The number of carbonyl (C=O) groups excluding carboxylic acids is 2. The third-order valence-corrected chi connectivity index (χ3v) is 6.64. The molecule has 0 spiro atoms. The summed E-state index contributed by atoms with van der Waals surface area (Å²) in [5.41, 5.74) is 2.70. The molecule has 0 radical (unpaired) electrons. The minimum absolute atomic E-state index is 0.0471. The summed E-state index contributed by atoms with van der Waals surface area (Å²) in [6, 6.07) is 10.6. The zero-order valence-electron chi connectivity index (χ0n) is 18.8. The molecule has 2 aliphatic heterocycles. The third kappa shape index (κ3) is 4.24. The van der Waals surface area contributed by atoms with Crippen LogP contribution in [0.25, 0.3) is 0 Å². The lowest BCUT2D eigenvalue weighted by atomic mass is 9.86. The summed E-state index contributed by atoms with van der Waals surface area (Å²) in [5, 5.41) is 12.8. The molecular weight excluding hydrogens is 408 g/mol. The van der Waals surface area contributed by atoms with E-state index in [1.165, 1.54) is 0 Å². The molecule has 2 atom stereocenters. The maximum Gasteiger partial charge on any atom is 0.223 e. The fraction of sp³-hybridized carbons (Fsp3) is 0.440. The van der Waals surface area contributed by atoms with Crippen LogP contribution in [0.2, 0.25) is 0 Å². The van der Waals surface area contributed by atoms with Gasteiger partial charge in [-0.1, -0.05) is 12.1 Å². The summed E-state index contributed by atoms with van der Waals surface area (Å²) >= 11 is 0. The van der Waals surface area contributed by atoms with Gasteiger partial charge in [-0.3, -0.25) is 9.59 Å². The summed E-state index contributed by atoms with van der Waals surface area (Å²) < 4.78 is 11.0. The molecule has 1 saturated heterocycles. The van der Waals surface area contributed by atoms with Crippen LogP contribution < -0.4 is 14.8 Å². The second kappa shape index (κ2) is 8.73. The number of phenolic OH excluding ortho intramolecular Hbond substituents is 1. The zero-order chi connectivity index (χ0) is 22.9. The van der Waals surface area contributed by atoms with Gasteiger partial charge in [-0.25, -0.2) is 0 Å². The van der Waals surface area contributed by atoms with E-state index >= 15 is 0 Å². The number of aromatic hydroxyl groups is 1. The summed E-state index contributed by atoms with van der Waals surface area (Å²) in [7, 11) is 3.21. The van der Waals surface area contributed by atoms with E-state index in [4.69, 9.17) is 9.47 Å². The van der Waals surface area contributed by atoms with Crippen LogP contribution in [0.4, 0.5) is 0 Å². The van der Waals surface area contributed by atoms with Crippen molar-refractivity contribution >= 4 is 11.8 Å². The number of benzene rings is 2. The topological polar surface area (TPSA) is 88.1 Å². The molecule has 32 heavy (non-hydrogen) atoms. The predicted octanol–water partition coefficient (Wildman–Crippen LogP) is 3.33. The number of amides is 2. The second-order valence-electron chi connectivity index (χ2n) is 8.85. The van der Waals surface area contributed by atoms with E-state index in [0.717, 1.165) is 23.1 Å². The molecule has 2 heterocycles. The highest BCUT2D eigenvalue weighted by molar-refractivity contribution is 5.80. The molecule has 2 unspecified atom stereocenters. The van der Waals surface area contributed by atoms with Crippen LogP contribution in [0.5, 0.6) is 17.2 Å². The third-order valence-electron chi connectivity index (χ3n) is 6.64. The fourth-order valence-corrected chi connectivity index (χ4v) is 4.80. The Labute approximate surface area is 188 Å². The van der Waals surface area contributed by atoms with Gasteiger partial charge in [0.25, 0.3) is 0 Å². The molecule has 7 nitrogen and oxygen atoms in total. The van der Waals surface area contributed by atoms with Gasteiger partial charge in [-0.05, 0) is 67.1 Å². The SMILES string of the molecule is COc1cc2c(cc1OC)C(c1ccc(O)cc1)N(C(=O)CCC1(C)CCC(=O)N1)CC2. The Balaban J connectivity index is 1.66. The number of ether oxygens (including phenoxy) is 2. The summed E-state index contributed by atoms with van der Waals surface area (Å²) in [6.45, 7) is 2.58. The first-order valence-electron chi connectivity index (χ1n) is 11.0. The number of methoxy groups -OCH3 is 2. The van der Waals surface area contributed by atoms with E-state index in [2.05, 4.69) is 5.32 Å². The smallest absolute Gasteiger partial charge is 0.223 e. The molecular formula is C25H30N2O5. The first kappa shape index (κ1) is 22.0. The lowest BCUT2D eigenvalue weighted by molar-refractivity contribution is -0.134. The van der Waals surface area contributed by atoms with Crippen LogP contribution in [0.15, 0.2) is 36.4 Å². The second-order valence-corrected chi connectivity index (χ2v) is 8.85. The molecule has 2 aromatic rings. The molecule has 0 bridgehead atoms. The maximum absolute atomic E-state index is 13.4. The first-order valence-corrected chi connectivity index (χ1v) is 11.0. The largest absolute Gasteiger partial charge is 0.508 e. The van der Waals surface area contributed by atoms with Crippen molar-refractivity contribution in [3.05, 3.63) is 53.1 Å². The predicted molar refractivity (Wildman–Crippen MR) is 120 cm³/mol. The number of phenols is 1. The Kier molecular flexibility index (Phi) is 6.00. The highest BCUT2D eigenvalue weighted by atomic mass is 16.5. The van der Waals surface area contributed by atoms with E-state index in [1.807, 2.05) is 36.1 Å². The lowest BCUT2D eigenvalue weighted by Crippen LogP contribution is -2.43. The molecule has 1 fully saturated rings. The van der Waals surface area contributed by atoms with Crippen molar-refractivity contribution in [3.8, 4) is 17.2 Å². The summed E-state index contributed by atoms with van der Waals surface area (Å²) in [4.78, 5) is 27.0. The highest BCUT2D eigenvalue weighted by Crippen LogP contribution is 2.41. The van der Waals surface area contributed by atoms with Gasteiger partial charge in [0.05, 0.1) is 20.3 Å². The zero-order valence-corrected chi connectivity index (χ0v) is 18.8. The van der Waals surface area contributed by atoms with Crippen LogP contribution in [-0.4, -0.2) is 48.1 Å². The fourth-order valence-electron chi connectivity index (χ4n) is 4.80. The molecule has 2 aliphatic rings. The standard InChI is InChI=1S/C25H30N2O5/c1-25(11-8-22(29)26-25)12-9-23(30)27-13-10-17-14-20(31-2)21(32-3)15-19(17)24(27)16-4-6-18(28)7-5-16/h4-7,14-15,24,28H,8-13H2,1-3H3,(H,26,29). The lowest BCUT2D eigenvalue weighted by Gasteiger charge is -2.39. The number of nitrogens with one attached hydrogen (secondary N) is 1. The van der Waals surface area contributed by atoms with Gasteiger partial charge < -0.3 is 24.8 Å². The highest BCUT2D eigenvalue weighted by Gasteiger charge is 2.36. The Morgan fingerprint density at radius 2 is 1.84 bits per heavy atom. The van der Waals surface area contributed by atoms with Crippen molar-refractivity contribution < 1.29 is 24.2 Å². The molecule has 0 aliphatic carbocycles. The maximum atomic E-state index is 13.4. The van der Waals surface area contributed by atoms with Gasteiger partial charge in [0.1, 0.15) is 5.75 Å². The van der Waals surface area contributed by atoms with Gasteiger partial charge in [0.2, 0.25) is 11.8 Å². The van der Waals surface area contributed by atoms with E-state index < -0.39 is 0 Å². The first-order chi connectivity index (χ1) is 15.3. The van der Waals surface area contributed by atoms with Gasteiger partial charge in [0.15, 0.2) is 11.5 Å². The monoisotopic (exact) mass is 438 g/mol. The van der Waals surface area contributed by atoms with Crippen molar-refractivity contribution in [2.75, 3.05) is 20.8 Å². The van der Waals surface area contributed by atoms with E-state index in [0.29, 0.717) is 43.7 Å². The van der Waals surface area contributed by atoms with Crippen LogP contribution in [0, 0.1) is 0 Å². The minimum atomic E-state index is -0.328. The van der Waals surface area contributed by atoms with Crippen LogP contribution in [0.1, 0.15) is 55.3 Å². The molecule has 2 amide bonds. The van der Waals surface area contributed by atoms with E-state index in [9.17, 15) is 14.7 Å². The molecule has 0 aromatic heterocycles. The van der Waals surface area contributed by atoms with Gasteiger partial charge in [-0.2, -0.15) is 0 Å². The van der Waals surface area contributed by atoms with Gasteiger partial charge in [-0.15, -0.1) is 0 Å². The Hall–Kier alpha value is -3.22. The average Bonchev–Trinajstić information content (AvgIpc) is 3.15. The number of hydrogen-bond donors (Lipinski definition) is 2. The quantitative estimate of drug-likeness (QED) is 0.722. The number of fused-ring (bicyclic) bond motifs is 1. The van der Waals surface area contributed by atoms with Crippen molar-refractivity contribution in [3.63, 3.8) is 0 Å². The summed E-state index contributed by atoms with van der Waals surface area (Å²) in [5.74, 6) is 1.56. The summed E-state index contributed by atoms with van der Waals surface area (Å²) in [6.07, 6.45) is 2.94. The van der Waals surface area contributed by atoms with Crippen LogP contribution >= 0.6 is 0 Å². The Bertz CT molecular complexity index is 1020. The van der Waals surface area contributed by atoms with Gasteiger partial charge in [0, 0.05) is 24.9 Å². The number of carbonyl (C=O) groups is 2. The number of nitrogens with zero attached hydrogens (tertiary/aromatic N) is 1. The molecule has 4 rings (SSSR count). The molecule has 0 saturated carbocycles. The van der Waals surface area contributed by atoms with E-state index in [1.54, 1.807) is 26.4 Å². The van der Waals surface area contributed by atoms with Crippen molar-refractivity contribution in [2.45, 2.75) is 50.6 Å². The Morgan fingerprint density at radius 1 is 1.16 bits per heavy atom. The molecule has 170 valence electrons. The minimum Gasteiger partial charge on any atom is -0.508 e. The molecule has 2 aromatic carbocycles. The Morgan fingerprint density at radius 3 is 2.47 bits per heavy atom. The van der Waals surface area contributed by atoms with Gasteiger partial charge >= 0.3 is 0 Å².